The predicted molar refractivity (Wildman–Crippen MR) is 148 cm³/mol. The molecule has 0 aliphatic heterocycles. The summed E-state index contributed by atoms with van der Waals surface area (Å²) in [7, 11) is -2.62. The smallest absolute Gasteiger partial charge is 0.264 e. The van der Waals surface area contributed by atoms with Crippen LogP contribution in [0.4, 0.5) is 5.69 Å². The van der Waals surface area contributed by atoms with Crippen molar-refractivity contribution < 1.29 is 22.7 Å². The van der Waals surface area contributed by atoms with E-state index in [9.17, 15) is 18.0 Å². The number of methoxy groups -OCH3 is 1. The van der Waals surface area contributed by atoms with Gasteiger partial charge in [-0.05, 0) is 62.2 Å². The van der Waals surface area contributed by atoms with Crippen LogP contribution in [0.25, 0.3) is 0 Å². The van der Waals surface area contributed by atoms with Gasteiger partial charge in [0.05, 0.1) is 17.7 Å². The second-order valence-corrected chi connectivity index (χ2v) is 10.9. The van der Waals surface area contributed by atoms with E-state index in [1.165, 1.54) is 24.1 Å². The van der Waals surface area contributed by atoms with Gasteiger partial charge in [-0.3, -0.25) is 13.9 Å². The molecule has 2 amide bonds. The first-order valence-electron chi connectivity index (χ1n) is 12.5. The third-order valence-corrected chi connectivity index (χ3v) is 7.95. The molecule has 202 valence electrons. The molecule has 0 aliphatic carbocycles. The first-order valence-corrected chi connectivity index (χ1v) is 14.0. The number of para-hydroxylation sites is 1. The Morgan fingerprint density at radius 1 is 0.947 bits per heavy atom. The number of sulfonamides is 1. The minimum absolute atomic E-state index is 0.0220. The minimum atomic E-state index is -4.12. The van der Waals surface area contributed by atoms with Gasteiger partial charge in [-0.15, -0.1) is 0 Å². The Balaban J connectivity index is 1.98. The highest BCUT2D eigenvalue weighted by molar-refractivity contribution is 7.92. The molecule has 0 aliphatic rings. The van der Waals surface area contributed by atoms with Gasteiger partial charge < -0.3 is 15.0 Å². The van der Waals surface area contributed by atoms with E-state index >= 15 is 0 Å². The zero-order chi connectivity index (χ0) is 27.7. The number of carbonyl (C=O) groups is 2. The summed E-state index contributed by atoms with van der Waals surface area (Å²) >= 11 is 0. The second-order valence-electron chi connectivity index (χ2n) is 9.00. The van der Waals surface area contributed by atoms with Gasteiger partial charge in [0.25, 0.3) is 10.0 Å². The third kappa shape index (κ3) is 7.13. The van der Waals surface area contributed by atoms with E-state index in [2.05, 4.69) is 5.32 Å². The molecule has 3 aromatic rings. The second kappa shape index (κ2) is 13.1. The maximum atomic E-state index is 13.8. The lowest BCUT2D eigenvalue weighted by Crippen LogP contribution is -2.51. The molecule has 0 radical (unpaired) electrons. The molecule has 0 saturated carbocycles. The molecule has 3 rings (SSSR count). The molecule has 0 heterocycles. The van der Waals surface area contributed by atoms with Gasteiger partial charge in [0.2, 0.25) is 11.8 Å². The molecule has 0 saturated heterocycles. The molecule has 3 aromatic carbocycles. The number of hydrogen-bond acceptors (Lipinski definition) is 5. The summed E-state index contributed by atoms with van der Waals surface area (Å²) in [5.74, 6) is -0.273. The van der Waals surface area contributed by atoms with Gasteiger partial charge in [0, 0.05) is 13.1 Å². The first-order chi connectivity index (χ1) is 18.2. The monoisotopic (exact) mass is 537 g/mol. The van der Waals surface area contributed by atoms with Crippen molar-refractivity contribution in [1.29, 1.82) is 0 Å². The summed E-state index contributed by atoms with van der Waals surface area (Å²) in [6.45, 7) is 5.73. The number of nitrogens with zero attached hydrogens (tertiary/aromatic N) is 2. The van der Waals surface area contributed by atoms with E-state index in [1.54, 1.807) is 49.4 Å². The highest BCUT2D eigenvalue weighted by Crippen LogP contribution is 2.25. The van der Waals surface area contributed by atoms with Gasteiger partial charge in [0.1, 0.15) is 18.3 Å². The van der Waals surface area contributed by atoms with Gasteiger partial charge in [-0.1, -0.05) is 55.0 Å². The van der Waals surface area contributed by atoms with E-state index in [-0.39, 0.29) is 17.3 Å². The fraction of sp³-hybridized carbons (Fsp3) is 0.310. The quantitative estimate of drug-likeness (QED) is 0.375. The average molecular weight is 538 g/mol. The predicted octanol–water partition coefficient (Wildman–Crippen LogP) is 4.14. The van der Waals surface area contributed by atoms with Crippen LogP contribution in [-0.4, -0.2) is 51.4 Å². The van der Waals surface area contributed by atoms with E-state index in [0.29, 0.717) is 18.0 Å². The normalized spacial score (nSPS) is 11.9. The van der Waals surface area contributed by atoms with Crippen molar-refractivity contribution in [2.45, 2.75) is 44.7 Å². The van der Waals surface area contributed by atoms with Gasteiger partial charge in [-0.2, -0.15) is 0 Å². The molecule has 9 heteroatoms. The van der Waals surface area contributed by atoms with Crippen molar-refractivity contribution in [2.24, 2.45) is 0 Å². The van der Waals surface area contributed by atoms with E-state index in [4.69, 9.17) is 4.74 Å². The largest absolute Gasteiger partial charge is 0.497 e. The Bertz CT molecular complexity index is 1310. The van der Waals surface area contributed by atoms with Crippen LogP contribution >= 0.6 is 0 Å². The number of aryl methyl sites for hydroxylation is 1. The first kappa shape index (κ1) is 28.7. The van der Waals surface area contributed by atoms with E-state index in [0.717, 1.165) is 21.9 Å². The molecule has 1 N–H and O–H groups in total. The van der Waals surface area contributed by atoms with Crippen LogP contribution < -0.4 is 14.4 Å². The molecule has 0 unspecified atom stereocenters. The van der Waals surface area contributed by atoms with E-state index in [1.807, 2.05) is 38.1 Å². The lowest BCUT2D eigenvalue weighted by molar-refractivity contribution is -0.139. The Hall–Kier alpha value is -3.85. The van der Waals surface area contributed by atoms with Crippen molar-refractivity contribution in [3.05, 3.63) is 90.0 Å². The maximum absolute atomic E-state index is 13.8. The van der Waals surface area contributed by atoms with E-state index < -0.39 is 28.5 Å². The summed E-state index contributed by atoms with van der Waals surface area (Å²) in [4.78, 5) is 28.1. The number of rotatable bonds is 12. The van der Waals surface area contributed by atoms with Gasteiger partial charge >= 0.3 is 0 Å². The zero-order valence-electron chi connectivity index (χ0n) is 22.3. The Labute approximate surface area is 225 Å². The summed E-state index contributed by atoms with van der Waals surface area (Å²) in [5.41, 5.74) is 2.25. The van der Waals surface area contributed by atoms with Crippen LogP contribution in [-0.2, 0) is 26.2 Å². The lowest BCUT2D eigenvalue weighted by atomic mass is 10.1. The minimum Gasteiger partial charge on any atom is -0.497 e. The highest BCUT2D eigenvalue weighted by atomic mass is 32.2. The van der Waals surface area contributed by atoms with Crippen molar-refractivity contribution in [3.63, 3.8) is 0 Å². The van der Waals surface area contributed by atoms with Crippen LogP contribution in [0.2, 0.25) is 0 Å². The van der Waals surface area contributed by atoms with Gasteiger partial charge in [0.15, 0.2) is 0 Å². The molecule has 38 heavy (non-hydrogen) atoms. The summed E-state index contributed by atoms with van der Waals surface area (Å²) < 4.78 is 33.8. The number of nitrogens with one attached hydrogen (secondary N) is 1. The summed E-state index contributed by atoms with van der Waals surface area (Å²) in [6.07, 6.45) is 0.756. The average Bonchev–Trinajstić information content (AvgIpc) is 2.94. The number of anilines is 1. The molecule has 0 aromatic heterocycles. The number of benzene rings is 3. The van der Waals surface area contributed by atoms with Crippen molar-refractivity contribution >= 4 is 27.5 Å². The fourth-order valence-corrected chi connectivity index (χ4v) is 5.28. The van der Waals surface area contributed by atoms with Gasteiger partial charge in [-0.25, -0.2) is 8.42 Å². The number of carbonyl (C=O) groups excluding carboxylic acids is 2. The number of ether oxygens (including phenoxy) is 1. The maximum Gasteiger partial charge on any atom is 0.264 e. The molecule has 1 atom stereocenters. The van der Waals surface area contributed by atoms with Crippen LogP contribution in [0, 0.1) is 6.92 Å². The van der Waals surface area contributed by atoms with Crippen LogP contribution in [0.3, 0.4) is 0 Å². The molecule has 8 nitrogen and oxygen atoms in total. The fourth-order valence-electron chi connectivity index (χ4n) is 3.87. The molecular formula is C29H35N3O5S. The molecule has 0 spiro atoms. The summed E-state index contributed by atoms with van der Waals surface area (Å²) in [6, 6.07) is 21.3. The topological polar surface area (TPSA) is 96.0 Å². The molecule has 0 fully saturated rings. The highest BCUT2D eigenvalue weighted by Gasteiger charge is 2.32. The van der Waals surface area contributed by atoms with Crippen LogP contribution in [0.15, 0.2) is 83.8 Å². The zero-order valence-corrected chi connectivity index (χ0v) is 23.1. The Morgan fingerprint density at radius 2 is 1.58 bits per heavy atom. The van der Waals surface area contributed by atoms with Crippen molar-refractivity contribution in [3.8, 4) is 5.75 Å². The Kier molecular flexibility index (Phi) is 9.90. The third-order valence-electron chi connectivity index (χ3n) is 6.16. The standard InChI is InChI=1S/C29H35N3O5S/c1-5-19-30-29(34)23(3)31(20-24-13-11-22(2)12-14-24)28(33)21-32(25-9-7-6-8-10-25)38(35,36)27-17-15-26(37-4)16-18-27/h6-18,23H,5,19-21H2,1-4H3,(H,30,34)/t23-/m1/s1. The van der Waals surface area contributed by atoms with Crippen LogP contribution in [0.1, 0.15) is 31.4 Å². The number of hydrogen-bond donors (Lipinski definition) is 1. The Morgan fingerprint density at radius 3 is 2.16 bits per heavy atom. The molecular weight excluding hydrogens is 502 g/mol. The van der Waals surface area contributed by atoms with Crippen LogP contribution in [0.5, 0.6) is 5.75 Å². The summed E-state index contributed by atoms with van der Waals surface area (Å²) in [5, 5.41) is 2.84. The SMILES string of the molecule is CCCNC(=O)[C@@H](C)N(Cc1ccc(C)cc1)C(=O)CN(c1ccccc1)S(=O)(=O)c1ccc(OC)cc1. The molecule has 0 bridgehead atoms. The van der Waals surface area contributed by atoms with Crippen molar-refractivity contribution in [2.75, 3.05) is 24.5 Å². The lowest BCUT2D eigenvalue weighted by Gasteiger charge is -2.32. The van der Waals surface area contributed by atoms with Crippen molar-refractivity contribution in [1.82, 2.24) is 10.2 Å². The number of amides is 2.